The molecule has 2 aliphatic carbocycles. The standard InChI is InChI=1S/C19H21ClIN3O/c1-24-8-6-13(12-24)11-23-19(25)22-7-5-14-3-2-4-15(10-21)18(20)17-9-16(14)17/h2,4,13,16H,5-10,12H2,1H3/p+1/b15-4?,18-17-/t3?,13?,16-/m0/s1. The van der Waals surface area contributed by atoms with E-state index in [-0.39, 0.29) is 11.9 Å². The predicted molar refractivity (Wildman–Crippen MR) is 110 cm³/mol. The SMILES string of the molecule is CN1CCC(C#[N+]C(=O)NCCC2=C=CC=C(CI)/C(Cl)=C3\C[C@@H]23)C1. The molecule has 0 aromatic carbocycles. The summed E-state index contributed by atoms with van der Waals surface area (Å²) in [6.07, 6.45) is 6.79. The second kappa shape index (κ2) is 8.55. The summed E-state index contributed by atoms with van der Waals surface area (Å²) < 4.78 is 0.904. The molecule has 3 rings (SSSR count). The number of hydrogen-bond acceptors (Lipinski definition) is 2. The van der Waals surface area contributed by atoms with E-state index in [0.717, 1.165) is 41.8 Å². The van der Waals surface area contributed by atoms with Gasteiger partial charge in [-0.3, -0.25) is 0 Å². The van der Waals surface area contributed by atoms with Gasteiger partial charge in [0.2, 0.25) is 0 Å². The highest BCUT2D eigenvalue weighted by Gasteiger charge is 2.36. The topological polar surface area (TPSA) is 36.7 Å². The fourth-order valence-corrected chi connectivity index (χ4v) is 4.45. The largest absolute Gasteiger partial charge is 0.597 e. The van der Waals surface area contributed by atoms with Crippen LogP contribution < -0.4 is 5.32 Å². The number of rotatable bonds is 4. The van der Waals surface area contributed by atoms with E-state index < -0.39 is 0 Å². The van der Waals surface area contributed by atoms with Crippen molar-refractivity contribution in [2.75, 3.05) is 31.1 Å². The molecule has 1 aliphatic heterocycles. The van der Waals surface area contributed by atoms with Crippen LogP contribution in [-0.4, -0.2) is 42.0 Å². The average molecular weight is 471 g/mol. The van der Waals surface area contributed by atoms with Gasteiger partial charge in [-0.05, 0) is 55.3 Å². The number of hydrogen-bond donors (Lipinski definition) is 1. The fraction of sp³-hybridized carbons (Fsp3) is 0.526. The molecular weight excluding hydrogens is 449 g/mol. The highest BCUT2D eigenvalue weighted by Crippen LogP contribution is 2.49. The van der Waals surface area contributed by atoms with Crippen LogP contribution in [0.25, 0.3) is 4.85 Å². The molecule has 3 aliphatic rings. The highest BCUT2D eigenvalue weighted by atomic mass is 127. The first-order valence-corrected chi connectivity index (χ1v) is 10.5. The van der Waals surface area contributed by atoms with Crippen LogP contribution in [0.1, 0.15) is 19.3 Å². The first-order valence-electron chi connectivity index (χ1n) is 8.60. The minimum absolute atomic E-state index is 0.271. The molecule has 1 heterocycles. The Bertz CT molecular complexity index is 752. The molecule has 0 aromatic rings. The van der Waals surface area contributed by atoms with Gasteiger partial charge >= 0.3 is 6.03 Å². The van der Waals surface area contributed by atoms with Gasteiger partial charge in [-0.1, -0.05) is 34.2 Å². The minimum Gasteiger partial charge on any atom is -0.305 e. The third-order valence-electron chi connectivity index (χ3n) is 4.78. The highest BCUT2D eigenvalue weighted by molar-refractivity contribution is 14.1. The lowest BCUT2D eigenvalue weighted by Gasteiger charge is -2.04. The van der Waals surface area contributed by atoms with E-state index >= 15 is 0 Å². The van der Waals surface area contributed by atoms with E-state index in [1.54, 1.807) is 0 Å². The Morgan fingerprint density at radius 2 is 2.44 bits per heavy atom. The number of carbonyl (C=O) groups is 1. The third-order valence-corrected chi connectivity index (χ3v) is 6.08. The number of nitrogens with zero attached hydrogens (tertiary/aromatic N) is 2. The molecule has 1 saturated carbocycles. The minimum atomic E-state index is -0.304. The van der Waals surface area contributed by atoms with Crippen LogP contribution in [0.4, 0.5) is 4.79 Å². The molecular formula is C19H22ClIN3O+. The molecule has 1 saturated heterocycles. The fourth-order valence-electron chi connectivity index (χ4n) is 3.25. The number of urea groups is 1. The Hall–Kier alpha value is -1.06. The summed E-state index contributed by atoms with van der Waals surface area (Å²) in [6.45, 7) is 2.54. The van der Waals surface area contributed by atoms with E-state index in [4.69, 9.17) is 11.6 Å². The van der Waals surface area contributed by atoms with Crippen LogP contribution >= 0.6 is 34.2 Å². The summed E-state index contributed by atoms with van der Waals surface area (Å²) >= 11 is 8.79. The van der Waals surface area contributed by atoms with Crippen LogP contribution in [0, 0.1) is 17.9 Å². The van der Waals surface area contributed by atoms with Gasteiger partial charge < -0.3 is 4.90 Å². The van der Waals surface area contributed by atoms with Crippen molar-refractivity contribution in [1.29, 1.82) is 0 Å². The van der Waals surface area contributed by atoms with E-state index in [9.17, 15) is 4.79 Å². The molecule has 6 heteroatoms. The zero-order chi connectivity index (χ0) is 17.8. The summed E-state index contributed by atoms with van der Waals surface area (Å²) in [5.74, 6) is 0.670. The number of carbonyl (C=O) groups excluding carboxylic acids is 1. The second-order valence-electron chi connectivity index (χ2n) is 6.73. The number of alkyl halides is 1. The summed E-state index contributed by atoms with van der Waals surface area (Å²) in [7, 11) is 2.07. The van der Waals surface area contributed by atoms with Crippen molar-refractivity contribution < 1.29 is 4.79 Å². The summed E-state index contributed by atoms with van der Waals surface area (Å²) in [6, 6.07) is 2.66. The van der Waals surface area contributed by atoms with Crippen molar-refractivity contribution in [1.82, 2.24) is 10.2 Å². The molecule has 1 N–H and O–H groups in total. The number of allylic oxidation sites excluding steroid dienone is 4. The average Bonchev–Trinajstić information content (AvgIpc) is 3.27. The van der Waals surface area contributed by atoms with Crippen molar-refractivity contribution in [3.63, 3.8) is 0 Å². The maximum absolute atomic E-state index is 11.8. The van der Waals surface area contributed by atoms with Crippen molar-refractivity contribution in [3.05, 3.63) is 44.5 Å². The van der Waals surface area contributed by atoms with Gasteiger partial charge in [0.15, 0.2) is 6.07 Å². The van der Waals surface area contributed by atoms with Crippen LogP contribution in [0.5, 0.6) is 0 Å². The molecule has 2 amide bonds. The molecule has 0 bridgehead atoms. The molecule has 4 nitrogen and oxygen atoms in total. The first-order chi connectivity index (χ1) is 12.1. The van der Waals surface area contributed by atoms with Crippen molar-refractivity contribution in [2.24, 2.45) is 11.8 Å². The zero-order valence-corrected chi connectivity index (χ0v) is 17.2. The number of amides is 2. The number of fused-ring (bicyclic) bond motifs is 1. The summed E-state index contributed by atoms with van der Waals surface area (Å²) in [5, 5.41) is 3.77. The number of nitrogens with one attached hydrogen (secondary N) is 1. The van der Waals surface area contributed by atoms with Gasteiger partial charge in [0, 0.05) is 28.3 Å². The molecule has 0 spiro atoms. The summed E-state index contributed by atoms with van der Waals surface area (Å²) in [4.78, 5) is 18.0. The van der Waals surface area contributed by atoms with Gasteiger partial charge in [0.25, 0.3) is 0 Å². The lowest BCUT2D eigenvalue weighted by molar-refractivity contribution is 0.254. The molecule has 0 radical (unpaired) electrons. The first kappa shape index (κ1) is 18.7. The molecule has 25 heavy (non-hydrogen) atoms. The third kappa shape index (κ3) is 4.98. The van der Waals surface area contributed by atoms with Gasteiger partial charge in [-0.15, -0.1) is 10.6 Å². The van der Waals surface area contributed by atoms with Gasteiger partial charge in [-0.2, -0.15) is 4.79 Å². The monoisotopic (exact) mass is 470 g/mol. The Balaban J connectivity index is 1.51. The van der Waals surface area contributed by atoms with Gasteiger partial charge in [0.1, 0.15) is 0 Å². The normalized spacial score (nSPS) is 28.1. The van der Waals surface area contributed by atoms with E-state index in [1.807, 2.05) is 12.2 Å². The molecule has 132 valence electrons. The molecule has 2 atom stereocenters. The Labute approximate surface area is 167 Å². The number of halogens is 2. The molecule has 2 fully saturated rings. The van der Waals surface area contributed by atoms with Crippen LogP contribution in [-0.2, 0) is 0 Å². The van der Waals surface area contributed by atoms with Crippen molar-refractivity contribution in [3.8, 4) is 6.07 Å². The van der Waals surface area contributed by atoms with E-state index in [1.165, 1.54) is 16.7 Å². The quantitative estimate of drug-likeness (QED) is 0.377. The number of likely N-dealkylation sites (tertiary alicyclic amines) is 1. The predicted octanol–water partition coefficient (Wildman–Crippen LogP) is 4.34. The van der Waals surface area contributed by atoms with Gasteiger partial charge in [-0.25, -0.2) is 5.32 Å². The maximum atomic E-state index is 11.8. The van der Waals surface area contributed by atoms with E-state index in [2.05, 4.69) is 56.5 Å². The van der Waals surface area contributed by atoms with Crippen molar-refractivity contribution in [2.45, 2.75) is 19.3 Å². The molecule has 0 aromatic heterocycles. The maximum Gasteiger partial charge on any atom is 0.597 e. The lowest BCUT2D eigenvalue weighted by atomic mass is 10.1. The smallest absolute Gasteiger partial charge is 0.305 e. The van der Waals surface area contributed by atoms with E-state index in [0.29, 0.717) is 12.5 Å². The Kier molecular flexibility index (Phi) is 6.40. The van der Waals surface area contributed by atoms with Crippen molar-refractivity contribution >= 4 is 40.2 Å². The van der Waals surface area contributed by atoms with Crippen LogP contribution in [0.2, 0.25) is 0 Å². The summed E-state index contributed by atoms with van der Waals surface area (Å²) in [5.41, 5.74) is 7.06. The second-order valence-corrected chi connectivity index (χ2v) is 7.87. The van der Waals surface area contributed by atoms with Crippen LogP contribution in [0.3, 0.4) is 0 Å². The Morgan fingerprint density at radius 1 is 1.60 bits per heavy atom. The Morgan fingerprint density at radius 3 is 3.16 bits per heavy atom. The zero-order valence-electron chi connectivity index (χ0n) is 14.3. The van der Waals surface area contributed by atoms with Crippen LogP contribution in [0.15, 0.2) is 39.6 Å². The van der Waals surface area contributed by atoms with Gasteiger partial charge in [0.05, 0.1) is 12.5 Å². The lowest BCUT2D eigenvalue weighted by Crippen LogP contribution is -2.20. The molecule has 1 unspecified atom stereocenters.